The Kier molecular flexibility index (Phi) is 4.29. The number of hydrogen-bond acceptors (Lipinski definition) is 3. The minimum Gasteiger partial charge on any atom is -0.371 e. The fourth-order valence-electron chi connectivity index (χ4n) is 2.16. The predicted molar refractivity (Wildman–Crippen MR) is 67.2 cm³/mol. The van der Waals surface area contributed by atoms with Gasteiger partial charge in [-0.3, -0.25) is 4.79 Å². The summed E-state index contributed by atoms with van der Waals surface area (Å²) in [5.41, 5.74) is 1.85. The van der Waals surface area contributed by atoms with Crippen LogP contribution in [0.4, 0.5) is 0 Å². The average Bonchev–Trinajstić information content (AvgIpc) is 2.40. The molecule has 1 aromatic carbocycles. The molecule has 1 atom stereocenters. The third-order valence-corrected chi connectivity index (χ3v) is 3.01. The van der Waals surface area contributed by atoms with Gasteiger partial charge in [0, 0.05) is 25.1 Å². The summed E-state index contributed by atoms with van der Waals surface area (Å²) in [5, 5.41) is 3.30. The molecular weight excluding hydrogens is 214 g/mol. The van der Waals surface area contributed by atoms with Crippen molar-refractivity contribution in [2.24, 2.45) is 0 Å². The van der Waals surface area contributed by atoms with Gasteiger partial charge in [-0.25, -0.2) is 0 Å². The molecule has 1 aliphatic heterocycles. The van der Waals surface area contributed by atoms with E-state index in [1.165, 1.54) is 0 Å². The summed E-state index contributed by atoms with van der Waals surface area (Å²) in [6, 6.07) is 7.80. The van der Waals surface area contributed by atoms with Crippen LogP contribution in [-0.4, -0.2) is 25.5 Å². The molecule has 0 bridgehead atoms. The van der Waals surface area contributed by atoms with Crippen molar-refractivity contribution in [1.82, 2.24) is 5.32 Å². The molecule has 0 radical (unpaired) electrons. The first kappa shape index (κ1) is 12.3. The highest BCUT2D eigenvalue weighted by atomic mass is 16.5. The molecule has 2 rings (SSSR count). The molecule has 17 heavy (non-hydrogen) atoms. The summed E-state index contributed by atoms with van der Waals surface area (Å²) < 4.78 is 5.72. The lowest BCUT2D eigenvalue weighted by molar-refractivity contribution is 0.0271. The highest BCUT2D eigenvalue weighted by Gasteiger charge is 2.20. The number of carbonyl (C=O) groups excluding carboxylic acids is 1. The second-order valence-electron chi connectivity index (χ2n) is 4.32. The van der Waals surface area contributed by atoms with Crippen LogP contribution in [0.1, 0.15) is 41.8 Å². The summed E-state index contributed by atoms with van der Waals surface area (Å²) in [6.45, 7) is 4.41. The van der Waals surface area contributed by atoms with Crippen LogP contribution in [0.25, 0.3) is 0 Å². The number of benzene rings is 1. The number of ether oxygens (including phenoxy) is 1. The van der Waals surface area contributed by atoms with Gasteiger partial charge in [0.15, 0.2) is 5.78 Å². The molecule has 1 saturated heterocycles. The molecule has 1 unspecified atom stereocenters. The van der Waals surface area contributed by atoms with E-state index in [0.29, 0.717) is 13.0 Å². The topological polar surface area (TPSA) is 38.3 Å². The Labute approximate surface area is 102 Å². The highest BCUT2D eigenvalue weighted by Crippen LogP contribution is 2.23. The summed E-state index contributed by atoms with van der Waals surface area (Å²) in [5.74, 6) is 0.220. The standard InChI is InChI=1S/C14H19NO2/c1-2-5-13(16)11-6-3-4-7-12(11)14-10-15-8-9-17-14/h3-4,6-7,14-15H,2,5,8-10H2,1H3. The van der Waals surface area contributed by atoms with Crippen LogP contribution in [0, 0.1) is 0 Å². The third kappa shape index (κ3) is 2.93. The zero-order chi connectivity index (χ0) is 12.1. The summed E-state index contributed by atoms with van der Waals surface area (Å²) in [7, 11) is 0. The second-order valence-corrected chi connectivity index (χ2v) is 4.32. The van der Waals surface area contributed by atoms with Gasteiger partial charge in [0.1, 0.15) is 0 Å². The Hall–Kier alpha value is -1.19. The molecule has 0 aromatic heterocycles. The van der Waals surface area contributed by atoms with Crippen molar-refractivity contribution < 1.29 is 9.53 Å². The van der Waals surface area contributed by atoms with Gasteiger partial charge in [-0.2, -0.15) is 0 Å². The van der Waals surface area contributed by atoms with E-state index in [4.69, 9.17) is 4.74 Å². The van der Waals surface area contributed by atoms with Gasteiger partial charge in [-0.1, -0.05) is 31.2 Å². The lowest BCUT2D eigenvalue weighted by Gasteiger charge is -2.25. The molecule has 1 aromatic rings. The molecule has 1 N–H and O–H groups in total. The maximum Gasteiger partial charge on any atom is 0.163 e. The van der Waals surface area contributed by atoms with Crippen LogP contribution in [0.15, 0.2) is 24.3 Å². The van der Waals surface area contributed by atoms with E-state index in [2.05, 4.69) is 5.32 Å². The Morgan fingerprint density at radius 3 is 3.00 bits per heavy atom. The number of Topliss-reactive ketones (excluding diaryl/α,β-unsaturated/α-hetero) is 1. The SMILES string of the molecule is CCCC(=O)c1ccccc1C1CNCCO1. The number of morpholine rings is 1. The minimum absolute atomic E-state index is 0.0146. The lowest BCUT2D eigenvalue weighted by atomic mass is 9.96. The molecule has 3 nitrogen and oxygen atoms in total. The third-order valence-electron chi connectivity index (χ3n) is 3.01. The Morgan fingerprint density at radius 1 is 1.47 bits per heavy atom. The fraction of sp³-hybridized carbons (Fsp3) is 0.500. The number of carbonyl (C=O) groups is 1. The van der Waals surface area contributed by atoms with Gasteiger partial charge >= 0.3 is 0 Å². The lowest BCUT2D eigenvalue weighted by Crippen LogP contribution is -2.34. The molecule has 0 saturated carbocycles. The van der Waals surface area contributed by atoms with Crippen molar-refractivity contribution in [3.63, 3.8) is 0 Å². The molecule has 0 amide bonds. The molecule has 3 heteroatoms. The van der Waals surface area contributed by atoms with Crippen LogP contribution in [0.3, 0.4) is 0 Å². The summed E-state index contributed by atoms with van der Waals surface area (Å²) in [6.07, 6.45) is 1.51. The van der Waals surface area contributed by atoms with E-state index in [9.17, 15) is 4.79 Å². The highest BCUT2D eigenvalue weighted by molar-refractivity contribution is 5.97. The molecule has 1 fully saturated rings. The van der Waals surface area contributed by atoms with E-state index >= 15 is 0 Å². The van der Waals surface area contributed by atoms with E-state index in [1.54, 1.807) is 0 Å². The van der Waals surface area contributed by atoms with Crippen LogP contribution < -0.4 is 5.32 Å². The molecule has 0 aliphatic carbocycles. The van der Waals surface area contributed by atoms with Crippen molar-refractivity contribution in [2.75, 3.05) is 19.7 Å². The number of rotatable bonds is 4. The van der Waals surface area contributed by atoms with Crippen molar-refractivity contribution in [1.29, 1.82) is 0 Å². The smallest absolute Gasteiger partial charge is 0.163 e. The second kappa shape index (κ2) is 5.94. The molecule has 0 spiro atoms. The van der Waals surface area contributed by atoms with E-state index < -0.39 is 0 Å². The minimum atomic E-state index is 0.0146. The van der Waals surface area contributed by atoms with Gasteiger partial charge in [0.2, 0.25) is 0 Å². The Balaban J connectivity index is 2.23. The van der Waals surface area contributed by atoms with Gasteiger partial charge in [-0.05, 0) is 12.0 Å². The predicted octanol–water partition coefficient (Wildman–Crippen LogP) is 2.33. The monoisotopic (exact) mass is 233 g/mol. The van der Waals surface area contributed by atoms with Crippen molar-refractivity contribution in [3.05, 3.63) is 35.4 Å². The molecule has 1 aliphatic rings. The van der Waals surface area contributed by atoms with Crippen LogP contribution >= 0.6 is 0 Å². The van der Waals surface area contributed by atoms with E-state index in [1.807, 2.05) is 31.2 Å². The van der Waals surface area contributed by atoms with Gasteiger partial charge in [-0.15, -0.1) is 0 Å². The Bertz CT molecular complexity index is 384. The van der Waals surface area contributed by atoms with Crippen LogP contribution in [0.2, 0.25) is 0 Å². The van der Waals surface area contributed by atoms with Crippen molar-refractivity contribution in [3.8, 4) is 0 Å². The first-order chi connectivity index (χ1) is 8.33. The average molecular weight is 233 g/mol. The van der Waals surface area contributed by atoms with E-state index in [-0.39, 0.29) is 11.9 Å². The number of hydrogen-bond donors (Lipinski definition) is 1. The summed E-state index contributed by atoms with van der Waals surface area (Å²) in [4.78, 5) is 12.0. The number of ketones is 1. The summed E-state index contributed by atoms with van der Waals surface area (Å²) >= 11 is 0. The van der Waals surface area contributed by atoms with Crippen molar-refractivity contribution >= 4 is 5.78 Å². The quantitative estimate of drug-likeness (QED) is 0.811. The first-order valence-electron chi connectivity index (χ1n) is 6.27. The zero-order valence-electron chi connectivity index (χ0n) is 10.2. The largest absolute Gasteiger partial charge is 0.371 e. The van der Waals surface area contributed by atoms with Gasteiger partial charge < -0.3 is 10.1 Å². The normalized spacial score (nSPS) is 20.2. The maximum atomic E-state index is 12.0. The van der Waals surface area contributed by atoms with E-state index in [0.717, 1.165) is 30.6 Å². The fourth-order valence-corrected chi connectivity index (χ4v) is 2.16. The van der Waals surface area contributed by atoms with Gasteiger partial charge in [0.05, 0.1) is 12.7 Å². The van der Waals surface area contributed by atoms with Crippen molar-refractivity contribution in [2.45, 2.75) is 25.9 Å². The van der Waals surface area contributed by atoms with Crippen LogP contribution in [-0.2, 0) is 4.74 Å². The maximum absolute atomic E-state index is 12.0. The van der Waals surface area contributed by atoms with Crippen LogP contribution in [0.5, 0.6) is 0 Å². The van der Waals surface area contributed by atoms with Gasteiger partial charge in [0.25, 0.3) is 0 Å². The molecular formula is C14H19NO2. The molecule has 92 valence electrons. The molecule has 1 heterocycles. The first-order valence-corrected chi connectivity index (χ1v) is 6.27. The Morgan fingerprint density at radius 2 is 2.29 bits per heavy atom. The zero-order valence-corrected chi connectivity index (χ0v) is 10.2. The number of nitrogens with one attached hydrogen (secondary N) is 1.